The fourth-order valence-corrected chi connectivity index (χ4v) is 2.78. The molecule has 128 valence electrons. The molecule has 2 heterocycles. The van der Waals surface area contributed by atoms with E-state index in [1.807, 2.05) is 0 Å². The normalized spacial score (nSPS) is 26.4. The Morgan fingerprint density at radius 2 is 2.14 bits per heavy atom. The largest absolute Gasteiger partial charge is 0.401 e. The van der Waals surface area contributed by atoms with Gasteiger partial charge in [0.05, 0.1) is 19.3 Å². The maximum absolute atomic E-state index is 12.2. The summed E-state index contributed by atoms with van der Waals surface area (Å²) < 4.78 is 47.4. The maximum Gasteiger partial charge on any atom is 0.401 e. The van der Waals surface area contributed by atoms with Crippen molar-refractivity contribution in [3.63, 3.8) is 0 Å². The number of nitrogens with one attached hydrogen (secondary N) is 1. The van der Waals surface area contributed by atoms with Gasteiger partial charge in [-0.3, -0.25) is 4.79 Å². The van der Waals surface area contributed by atoms with E-state index in [0.717, 1.165) is 19.4 Å². The molecular formula is C14H23F3N2O3. The Bertz CT molecular complexity index is 360. The van der Waals surface area contributed by atoms with Gasteiger partial charge in [-0.25, -0.2) is 0 Å². The Balaban J connectivity index is 1.65. The van der Waals surface area contributed by atoms with Crippen molar-refractivity contribution in [3.8, 4) is 0 Å². The van der Waals surface area contributed by atoms with Gasteiger partial charge in [0.1, 0.15) is 6.61 Å². The van der Waals surface area contributed by atoms with Crippen molar-refractivity contribution in [2.45, 2.75) is 44.0 Å². The van der Waals surface area contributed by atoms with E-state index in [0.29, 0.717) is 32.5 Å². The summed E-state index contributed by atoms with van der Waals surface area (Å²) in [6.07, 6.45) is -0.849. The van der Waals surface area contributed by atoms with E-state index in [-0.39, 0.29) is 24.7 Å². The molecule has 0 aliphatic carbocycles. The fraction of sp³-hybridized carbons (Fsp3) is 0.929. The molecule has 0 bridgehead atoms. The van der Waals surface area contributed by atoms with Crippen LogP contribution in [0.4, 0.5) is 13.2 Å². The Kier molecular flexibility index (Phi) is 6.46. The molecule has 1 N–H and O–H groups in total. The van der Waals surface area contributed by atoms with Crippen LogP contribution in [-0.2, 0) is 14.3 Å². The van der Waals surface area contributed by atoms with Crippen molar-refractivity contribution >= 4 is 5.91 Å². The van der Waals surface area contributed by atoms with Crippen LogP contribution < -0.4 is 5.32 Å². The molecule has 2 aliphatic heterocycles. The van der Waals surface area contributed by atoms with Crippen LogP contribution in [-0.4, -0.2) is 68.6 Å². The number of rotatable bonds is 6. The third-order valence-corrected chi connectivity index (χ3v) is 3.92. The molecule has 2 saturated heterocycles. The number of nitrogens with zero attached hydrogens (tertiary/aromatic N) is 1. The van der Waals surface area contributed by atoms with Gasteiger partial charge in [-0.1, -0.05) is 0 Å². The standard InChI is InChI=1S/C14H23F3N2O3/c15-14(16,17)10-18-11-3-1-5-19(7-11)13(20)9-21-8-12-4-2-6-22-12/h11-12,18H,1-10H2. The number of alkyl halides is 3. The molecule has 2 fully saturated rings. The van der Waals surface area contributed by atoms with E-state index in [9.17, 15) is 18.0 Å². The van der Waals surface area contributed by atoms with Crippen molar-refractivity contribution < 1.29 is 27.4 Å². The van der Waals surface area contributed by atoms with Crippen molar-refractivity contribution in [2.24, 2.45) is 0 Å². The number of halogens is 3. The zero-order chi connectivity index (χ0) is 16.0. The first-order valence-corrected chi connectivity index (χ1v) is 7.71. The number of likely N-dealkylation sites (tertiary alicyclic amines) is 1. The molecule has 8 heteroatoms. The minimum absolute atomic E-state index is 0.0359. The molecule has 0 spiro atoms. The molecule has 2 atom stereocenters. The van der Waals surface area contributed by atoms with Crippen molar-refractivity contribution in [2.75, 3.05) is 39.5 Å². The molecule has 2 rings (SSSR count). The first-order chi connectivity index (χ1) is 10.4. The summed E-state index contributed by atoms with van der Waals surface area (Å²) in [5.41, 5.74) is 0. The Labute approximate surface area is 128 Å². The van der Waals surface area contributed by atoms with Crippen LogP contribution in [0.25, 0.3) is 0 Å². The van der Waals surface area contributed by atoms with Crippen LogP contribution in [0.15, 0.2) is 0 Å². The summed E-state index contributed by atoms with van der Waals surface area (Å²) in [4.78, 5) is 13.6. The number of hydrogen-bond acceptors (Lipinski definition) is 4. The van der Waals surface area contributed by atoms with E-state index in [4.69, 9.17) is 9.47 Å². The van der Waals surface area contributed by atoms with Gasteiger partial charge in [-0.2, -0.15) is 13.2 Å². The molecule has 2 unspecified atom stereocenters. The highest BCUT2D eigenvalue weighted by Gasteiger charge is 2.30. The van der Waals surface area contributed by atoms with E-state index < -0.39 is 12.7 Å². The molecule has 0 saturated carbocycles. The monoisotopic (exact) mass is 324 g/mol. The number of hydrogen-bond donors (Lipinski definition) is 1. The van der Waals surface area contributed by atoms with Crippen LogP contribution in [0.5, 0.6) is 0 Å². The molecule has 22 heavy (non-hydrogen) atoms. The van der Waals surface area contributed by atoms with Gasteiger partial charge in [0.2, 0.25) is 5.91 Å². The second-order valence-corrected chi connectivity index (χ2v) is 5.83. The predicted octanol–water partition coefficient (Wildman–Crippen LogP) is 1.32. The maximum atomic E-state index is 12.2. The van der Waals surface area contributed by atoms with Gasteiger partial charge >= 0.3 is 6.18 Å². The summed E-state index contributed by atoms with van der Waals surface area (Å²) in [5.74, 6) is -0.170. The van der Waals surface area contributed by atoms with E-state index >= 15 is 0 Å². The molecule has 2 aliphatic rings. The summed E-state index contributed by atoms with van der Waals surface area (Å²) in [6, 6.07) is -0.308. The van der Waals surface area contributed by atoms with Crippen LogP contribution in [0, 0.1) is 0 Å². The van der Waals surface area contributed by atoms with Crippen molar-refractivity contribution in [1.29, 1.82) is 0 Å². The molecule has 0 aromatic carbocycles. The first kappa shape index (κ1) is 17.5. The quantitative estimate of drug-likeness (QED) is 0.801. The van der Waals surface area contributed by atoms with E-state index in [1.165, 1.54) is 0 Å². The zero-order valence-corrected chi connectivity index (χ0v) is 12.5. The number of carbonyl (C=O) groups is 1. The lowest BCUT2D eigenvalue weighted by atomic mass is 10.1. The zero-order valence-electron chi connectivity index (χ0n) is 12.5. The van der Waals surface area contributed by atoms with E-state index in [1.54, 1.807) is 4.90 Å². The third-order valence-electron chi connectivity index (χ3n) is 3.92. The number of piperidine rings is 1. The Morgan fingerprint density at radius 3 is 2.82 bits per heavy atom. The number of ether oxygens (including phenoxy) is 2. The minimum atomic E-state index is -4.23. The lowest BCUT2D eigenvalue weighted by Gasteiger charge is -2.33. The Morgan fingerprint density at radius 1 is 1.32 bits per heavy atom. The first-order valence-electron chi connectivity index (χ1n) is 7.71. The molecule has 0 radical (unpaired) electrons. The van der Waals surface area contributed by atoms with Gasteiger partial charge in [0.25, 0.3) is 0 Å². The summed E-state index contributed by atoms with van der Waals surface area (Å²) in [6.45, 7) is 0.960. The lowest BCUT2D eigenvalue weighted by Crippen LogP contribution is -2.50. The second kappa shape index (κ2) is 8.12. The molecule has 5 nitrogen and oxygen atoms in total. The fourth-order valence-electron chi connectivity index (χ4n) is 2.78. The smallest absolute Gasteiger partial charge is 0.376 e. The van der Waals surface area contributed by atoms with Crippen LogP contribution in [0.3, 0.4) is 0 Å². The van der Waals surface area contributed by atoms with Gasteiger partial charge in [0, 0.05) is 25.7 Å². The lowest BCUT2D eigenvalue weighted by molar-refractivity contribution is -0.139. The third kappa shape index (κ3) is 6.10. The highest BCUT2D eigenvalue weighted by atomic mass is 19.4. The summed E-state index contributed by atoms with van der Waals surface area (Å²) in [5, 5.41) is 2.47. The van der Waals surface area contributed by atoms with Crippen molar-refractivity contribution in [3.05, 3.63) is 0 Å². The molecule has 0 aromatic heterocycles. The highest BCUT2D eigenvalue weighted by Crippen LogP contribution is 2.16. The van der Waals surface area contributed by atoms with Crippen molar-refractivity contribution in [1.82, 2.24) is 10.2 Å². The Hall–Kier alpha value is -0.860. The SMILES string of the molecule is O=C(COCC1CCCO1)N1CCCC(NCC(F)(F)F)C1. The number of amides is 1. The minimum Gasteiger partial charge on any atom is -0.376 e. The van der Waals surface area contributed by atoms with Gasteiger partial charge in [-0.05, 0) is 25.7 Å². The number of carbonyl (C=O) groups excluding carboxylic acids is 1. The van der Waals surface area contributed by atoms with Crippen LogP contribution >= 0.6 is 0 Å². The average Bonchev–Trinajstić information content (AvgIpc) is 2.98. The molecular weight excluding hydrogens is 301 g/mol. The van der Waals surface area contributed by atoms with Gasteiger partial charge in [0.15, 0.2) is 0 Å². The summed E-state index contributed by atoms with van der Waals surface area (Å²) >= 11 is 0. The predicted molar refractivity (Wildman–Crippen MR) is 73.5 cm³/mol. The van der Waals surface area contributed by atoms with Gasteiger partial charge < -0.3 is 19.7 Å². The van der Waals surface area contributed by atoms with Crippen LogP contribution in [0.1, 0.15) is 25.7 Å². The van der Waals surface area contributed by atoms with Crippen LogP contribution in [0.2, 0.25) is 0 Å². The topological polar surface area (TPSA) is 50.8 Å². The molecule has 1 amide bonds. The highest BCUT2D eigenvalue weighted by molar-refractivity contribution is 5.77. The molecule has 0 aromatic rings. The van der Waals surface area contributed by atoms with Gasteiger partial charge in [-0.15, -0.1) is 0 Å². The van der Waals surface area contributed by atoms with E-state index in [2.05, 4.69) is 5.32 Å². The summed E-state index contributed by atoms with van der Waals surface area (Å²) in [7, 11) is 0. The second-order valence-electron chi connectivity index (χ2n) is 5.83. The average molecular weight is 324 g/mol.